The molecule has 0 spiro atoms. The number of likely N-dealkylation sites (N-methyl/N-ethyl adjacent to an activating group) is 1. The number of likely N-dealkylation sites (tertiary alicyclic amines) is 1. The lowest BCUT2D eigenvalue weighted by Crippen LogP contribution is -2.51. The van der Waals surface area contributed by atoms with E-state index >= 15 is 0 Å². The first kappa shape index (κ1) is 15.7. The first-order valence-corrected chi connectivity index (χ1v) is 9.26. The molecule has 0 saturated carbocycles. The summed E-state index contributed by atoms with van der Waals surface area (Å²) in [5.41, 5.74) is 4.09. The molecule has 2 heterocycles. The average molecular weight is 325 g/mol. The highest BCUT2D eigenvalue weighted by Gasteiger charge is 2.41. The minimum Gasteiger partial charge on any atom is -0.361 e. The molecule has 128 valence electrons. The molecule has 4 rings (SSSR count). The smallest absolute Gasteiger partial charge is 0.224 e. The Morgan fingerprint density at radius 1 is 1.42 bits per heavy atom. The van der Waals surface area contributed by atoms with Gasteiger partial charge in [0.05, 0.1) is 5.92 Å². The lowest BCUT2D eigenvalue weighted by atomic mass is 9.72. The summed E-state index contributed by atoms with van der Waals surface area (Å²) in [4.78, 5) is 18.4. The molecule has 0 radical (unpaired) electrons. The Balaban J connectivity index is 1.60. The van der Waals surface area contributed by atoms with Crippen LogP contribution in [0.3, 0.4) is 0 Å². The fourth-order valence-electron chi connectivity index (χ4n) is 4.66. The van der Waals surface area contributed by atoms with Crippen molar-refractivity contribution in [3.8, 4) is 0 Å². The molecular weight excluding hydrogens is 298 g/mol. The third kappa shape index (κ3) is 2.53. The number of nitrogens with one attached hydrogen (secondary N) is 2. The summed E-state index contributed by atoms with van der Waals surface area (Å²) in [6, 6.07) is 7.08. The number of hydrogen-bond donors (Lipinski definition) is 2. The molecule has 24 heavy (non-hydrogen) atoms. The molecule has 3 atom stereocenters. The number of unbranched alkanes of at least 4 members (excludes halogenated alkanes) is 1. The van der Waals surface area contributed by atoms with Gasteiger partial charge in [-0.1, -0.05) is 25.5 Å². The van der Waals surface area contributed by atoms with Gasteiger partial charge in [-0.05, 0) is 43.5 Å². The van der Waals surface area contributed by atoms with Gasteiger partial charge < -0.3 is 15.2 Å². The summed E-state index contributed by atoms with van der Waals surface area (Å²) in [5.74, 6) is 0.794. The van der Waals surface area contributed by atoms with Gasteiger partial charge in [0, 0.05) is 42.1 Å². The highest BCUT2D eigenvalue weighted by Crippen LogP contribution is 2.44. The third-order valence-electron chi connectivity index (χ3n) is 5.93. The normalized spacial score (nSPS) is 26.3. The molecule has 4 heteroatoms. The molecule has 1 aliphatic carbocycles. The molecule has 2 aliphatic rings. The Labute approximate surface area is 143 Å². The van der Waals surface area contributed by atoms with E-state index in [0.29, 0.717) is 12.0 Å². The van der Waals surface area contributed by atoms with Crippen LogP contribution in [0.4, 0.5) is 0 Å². The molecule has 0 unspecified atom stereocenters. The molecule has 1 aromatic heterocycles. The van der Waals surface area contributed by atoms with E-state index in [0.717, 1.165) is 38.8 Å². The molecule has 1 saturated heterocycles. The maximum Gasteiger partial charge on any atom is 0.224 e. The average Bonchev–Trinajstić information content (AvgIpc) is 3.00. The van der Waals surface area contributed by atoms with Crippen LogP contribution in [0.5, 0.6) is 0 Å². The monoisotopic (exact) mass is 325 g/mol. The van der Waals surface area contributed by atoms with Gasteiger partial charge in [-0.3, -0.25) is 4.79 Å². The number of carbonyl (C=O) groups excluding carboxylic acids is 1. The van der Waals surface area contributed by atoms with E-state index in [2.05, 4.69) is 53.6 Å². The summed E-state index contributed by atoms with van der Waals surface area (Å²) in [5, 5.41) is 4.54. The first-order valence-electron chi connectivity index (χ1n) is 9.26. The van der Waals surface area contributed by atoms with E-state index in [1.165, 1.54) is 22.0 Å². The van der Waals surface area contributed by atoms with Crippen LogP contribution in [0, 0.1) is 5.92 Å². The topological polar surface area (TPSA) is 48.1 Å². The van der Waals surface area contributed by atoms with E-state index < -0.39 is 0 Å². The number of H-pyrrole nitrogens is 1. The van der Waals surface area contributed by atoms with Crippen molar-refractivity contribution < 1.29 is 4.79 Å². The van der Waals surface area contributed by atoms with Crippen LogP contribution in [0.15, 0.2) is 24.4 Å². The van der Waals surface area contributed by atoms with Gasteiger partial charge in [-0.2, -0.15) is 0 Å². The van der Waals surface area contributed by atoms with Crippen LogP contribution in [0.25, 0.3) is 10.9 Å². The summed E-state index contributed by atoms with van der Waals surface area (Å²) < 4.78 is 0. The molecule has 1 amide bonds. The number of aromatic amines is 1. The zero-order chi connectivity index (χ0) is 16.7. The summed E-state index contributed by atoms with van der Waals surface area (Å²) in [6.07, 6.45) is 6.40. The second-order valence-corrected chi connectivity index (χ2v) is 7.48. The van der Waals surface area contributed by atoms with Crippen molar-refractivity contribution in [1.82, 2.24) is 15.2 Å². The summed E-state index contributed by atoms with van der Waals surface area (Å²) >= 11 is 0. The van der Waals surface area contributed by atoms with E-state index in [4.69, 9.17) is 0 Å². The number of amides is 1. The summed E-state index contributed by atoms with van der Waals surface area (Å²) in [6.45, 7) is 3.83. The lowest BCUT2D eigenvalue weighted by Gasteiger charge is -2.45. The molecule has 1 aliphatic heterocycles. The zero-order valence-corrected chi connectivity index (χ0v) is 14.6. The van der Waals surface area contributed by atoms with Crippen molar-refractivity contribution in [2.24, 2.45) is 5.92 Å². The van der Waals surface area contributed by atoms with E-state index in [-0.39, 0.29) is 11.8 Å². The Morgan fingerprint density at radius 3 is 3.12 bits per heavy atom. The number of rotatable bonds is 4. The largest absolute Gasteiger partial charge is 0.361 e. The highest BCUT2D eigenvalue weighted by atomic mass is 16.1. The van der Waals surface area contributed by atoms with Gasteiger partial charge >= 0.3 is 0 Å². The Hall–Kier alpha value is -1.81. The Bertz CT molecular complexity index is 750. The number of aromatic nitrogens is 1. The van der Waals surface area contributed by atoms with Crippen LogP contribution in [-0.2, 0) is 11.2 Å². The van der Waals surface area contributed by atoms with Gasteiger partial charge in [-0.15, -0.1) is 0 Å². The fraction of sp³-hybridized carbons (Fsp3) is 0.550. The predicted octanol–water partition coefficient (Wildman–Crippen LogP) is 3.04. The standard InChI is InChI=1S/C20H27N3O/c1-3-4-8-21-20(24)14-9-16-15-6-5-7-17-19(15)13(11-22-17)10-18(16)23(2)12-14/h5-7,11,14,16,18,22H,3-4,8-10,12H2,1-2H3,(H,21,24)/t14-,16-,18-/m1/s1. The molecular formula is C20H27N3O. The van der Waals surface area contributed by atoms with Gasteiger partial charge in [0.2, 0.25) is 5.91 Å². The molecule has 1 aromatic carbocycles. The molecule has 1 fully saturated rings. The van der Waals surface area contributed by atoms with E-state index in [1.807, 2.05) is 0 Å². The molecule has 2 N–H and O–H groups in total. The number of benzene rings is 1. The maximum absolute atomic E-state index is 12.6. The second kappa shape index (κ2) is 6.25. The number of carbonyl (C=O) groups is 1. The van der Waals surface area contributed by atoms with Crippen molar-refractivity contribution in [2.45, 2.75) is 44.6 Å². The lowest BCUT2D eigenvalue weighted by molar-refractivity contribution is -0.127. The van der Waals surface area contributed by atoms with Gasteiger partial charge in [0.25, 0.3) is 0 Å². The SMILES string of the molecule is CCCCNC(=O)[C@@H]1C[C@@H]2c3cccc4[nH]cc(c34)C[C@H]2N(C)C1. The quantitative estimate of drug-likeness (QED) is 0.849. The molecule has 2 aromatic rings. The van der Waals surface area contributed by atoms with Crippen molar-refractivity contribution in [2.75, 3.05) is 20.1 Å². The van der Waals surface area contributed by atoms with Crippen LogP contribution in [0.2, 0.25) is 0 Å². The zero-order valence-electron chi connectivity index (χ0n) is 14.6. The van der Waals surface area contributed by atoms with Crippen LogP contribution >= 0.6 is 0 Å². The van der Waals surface area contributed by atoms with Gasteiger partial charge in [0.1, 0.15) is 0 Å². The Morgan fingerprint density at radius 2 is 2.29 bits per heavy atom. The number of nitrogens with zero attached hydrogens (tertiary/aromatic N) is 1. The number of piperidine rings is 1. The third-order valence-corrected chi connectivity index (χ3v) is 5.93. The van der Waals surface area contributed by atoms with Gasteiger partial charge in [-0.25, -0.2) is 0 Å². The van der Waals surface area contributed by atoms with Crippen molar-refractivity contribution >= 4 is 16.8 Å². The van der Waals surface area contributed by atoms with E-state index in [1.54, 1.807) is 0 Å². The van der Waals surface area contributed by atoms with Crippen LogP contribution in [0.1, 0.15) is 43.2 Å². The predicted molar refractivity (Wildman–Crippen MR) is 97.2 cm³/mol. The van der Waals surface area contributed by atoms with E-state index in [9.17, 15) is 4.79 Å². The van der Waals surface area contributed by atoms with Crippen LogP contribution in [-0.4, -0.2) is 42.0 Å². The van der Waals surface area contributed by atoms with Gasteiger partial charge in [0.15, 0.2) is 0 Å². The highest BCUT2D eigenvalue weighted by molar-refractivity contribution is 5.88. The maximum atomic E-state index is 12.6. The molecule has 4 nitrogen and oxygen atoms in total. The minimum atomic E-state index is 0.101. The second-order valence-electron chi connectivity index (χ2n) is 7.48. The van der Waals surface area contributed by atoms with Crippen LogP contribution < -0.4 is 5.32 Å². The summed E-state index contributed by atoms with van der Waals surface area (Å²) in [7, 11) is 2.18. The fourth-order valence-corrected chi connectivity index (χ4v) is 4.66. The minimum absolute atomic E-state index is 0.101. The molecule has 0 bridgehead atoms. The number of hydrogen-bond acceptors (Lipinski definition) is 2. The number of fused-ring (bicyclic) bond motifs is 2. The van der Waals surface area contributed by atoms with Crippen molar-refractivity contribution in [1.29, 1.82) is 0 Å². The van der Waals surface area contributed by atoms with Crippen molar-refractivity contribution in [3.63, 3.8) is 0 Å². The first-order chi connectivity index (χ1) is 11.7. The van der Waals surface area contributed by atoms with Crippen molar-refractivity contribution in [3.05, 3.63) is 35.5 Å². The Kier molecular flexibility index (Phi) is 4.09.